The maximum atomic E-state index is 12.7. The fourth-order valence-corrected chi connectivity index (χ4v) is 2.81. The Morgan fingerprint density at radius 2 is 1.62 bits per heavy atom. The summed E-state index contributed by atoms with van der Waals surface area (Å²) in [4.78, 5) is 35.9. The largest absolute Gasteiger partial charge is 0.368 e. The molecule has 1 atom stereocenters. The van der Waals surface area contributed by atoms with E-state index >= 15 is 0 Å². The maximum Gasteiger partial charge on any atom is 0.254 e. The Balaban J connectivity index is 2.24. The number of benzene rings is 2. The number of primary amides is 1. The lowest BCUT2D eigenvalue weighted by Gasteiger charge is -2.19. The van der Waals surface area contributed by atoms with E-state index in [0.29, 0.717) is 12.1 Å². The van der Waals surface area contributed by atoms with E-state index in [1.54, 1.807) is 24.3 Å². The molecule has 26 heavy (non-hydrogen) atoms. The number of para-hydroxylation sites is 1. The van der Waals surface area contributed by atoms with Gasteiger partial charge in [0.25, 0.3) is 5.91 Å². The topological polar surface area (TPSA) is 101 Å². The molecule has 0 aliphatic heterocycles. The molecule has 0 heterocycles. The molecule has 2 aromatic rings. The Morgan fingerprint density at radius 1 is 1.00 bits per heavy atom. The van der Waals surface area contributed by atoms with Gasteiger partial charge >= 0.3 is 0 Å². The molecule has 0 aliphatic rings. The van der Waals surface area contributed by atoms with Crippen LogP contribution < -0.4 is 16.4 Å². The Hall–Kier alpha value is -3.15. The Morgan fingerprint density at radius 3 is 2.19 bits per heavy atom. The standard InChI is InChI=1S/C20H23N3O3/c1-12-7-6-8-13(2)16(12)11-18(19(21)25)23-20(26)15-9-4-5-10-17(15)22-14(3)24/h4-10,18H,11H2,1-3H3,(H2,21,25)(H,22,24)(H,23,26)/t18-/m0/s1. The summed E-state index contributed by atoms with van der Waals surface area (Å²) in [6.07, 6.45) is 0.307. The van der Waals surface area contributed by atoms with Crippen LogP contribution in [0.25, 0.3) is 0 Å². The van der Waals surface area contributed by atoms with Crippen molar-refractivity contribution in [3.63, 3.8) is 0 Å². The molecule has 0 saturated heterocycles. The van der Waals surface area contributed by atoms with Crippen LogP contribution in [-0.2, 0) is 16.0 Å². The summed E-state index contributed by atoms with van der Waals surface area (Å²) < 4.78 is 0. The van der Waals surface area contributed by atoms with Gasteiger partial charge in [0.15, 0.2) is 0 Å². The van der Waals surface area contributed by atoms with Crippen molar-refractivity contribution in [2.75, 3.05) is 5.32 Å². The Bertz CT molecular complexity index is 826. The number of nitrogens with two attached hydrogens (primary N) is 1. The highest BCUT2D eigenvalue weighted by Gasteiger charge is 2.22. The zero-order valence-corrected chi connectivity index (χ0v) is 15.1. The van der Waals surface area contributed by atoms with Crippen LogP contribution in [0.2, 0.25) is 0 Å². The number of anilines is 1. The van der Waals surface area contributed by atoms with Gasteiger partial charge in [0.1, 0.15) is 6.04 Å². The van der Waals surface area contributed by atoms with Crippen LogP contribution in [0.3, 0.4) is 0 Å². The highest BCUT2D eigenvalue weighted by atomic mass is 16.2. The second kappa shape index (κ2) is 8.29. The summed E-state index contributed by atoms with van der Waals surface area (Å²) in [7, 11) is 0. The first-order chi connectivity index (χ1) is 12.3. The summed E-state index contributed by atoms with van der Waals surface area (Å²) in [5, 5.41) is 5.29. The third kappa shape index (κ3) is 4.69. The number of amides is 3. The molecule has 0 bridgehead atoms. The van der Waals surface area contributed by atoms with Crippen LogP contribution in [0.1, 0.15) is 34.0 Å². The van der Waals surface area contributed by atoms with E-state index in [1.807, 2.05) is 32.0 Å². The average Bonchev–Trinajstić information content (AvgIpc) is 2.56. The fourth-order valence-electron chi connectivity index (χ4n) is 2.81. The van der Waals surface area contributed by atoms with Crippen LogP contribution in [0.4, 0.5) is 5.69 Å². The summed E-state index contributed by atoms with van der Waals surface area (Å²) >= 11 is 0. The molecule has 3 amide bonds. The van der Waals surface area contributed by atoms with E-state index in [1.165, 1.54) is 6.92 Å². The number of rotatable bonds is 6. The van der Waals surface area contributed by atoms with Crippen molar-refractivity contribution in [2.24, 2.45) is 5.73 Å². The van der Waals surface area contributed by atoms with Crippen molar-refractivity contribution in [1.82, 2.24) is 5.32 Å². The number of carbonyl (C=O) groups excluding carboxylic acids is 3. The number of carbonyl (C=O) groups is 3. The van der Waals surface area contributed by atoms with E-state index in [0.717, 1.165) is 16.7 Å². The quantitative estimate of drug-likeness (QED) is 0.741. The van der Waals surface area contributed by atoms with Gasteiger partial charge in [-0.15, -0.1) is 0 Å². The molecule has 0 aromatic heterocycles. The van der Waals surface area contributed by atoms with Gasteiger partial charge < -0.3 is 16.4 Å². The highest BCUT2D eigenvalue weighted by Crippen LogP contribution is 2.18. The van der Waals surface area contributed by atoms with Crippen LogP contribution in [-0.4, -0.2) is 23.8 Å². The van der Waals surface area contributed by atoms with Crippen molar-refractivity contribution in [3.8, 4) is 0 Å². The highest BCUT2D eigenvalue weighted by molar-refractivity contribution is 6.04. The maximum absolute atomic E-state index is 12.7. The van der Waals surface area contributed by atoms with Crippen LogP contribution >= 0.6 is 0 Å². The fraction of sp³-hybridized carbons (Fsp3) is 0.250. The average molecular weight is 353 g/mol. The predicted octanol–water partition coefficient (Wildman–Crippen LogP) is 2.09. The zero-order chi connectivity index (χ0) is 19.3. The van der Waals surface area contributed by atoms with E-state index in [4.69, 9.17) is 5.73 Å². The Kier molecular flexibility index (Phi) is 6.11. The van der Waals surface area contributed by atoms with Gasteiger partial charge in [0.05, 0.1) is 11.3 Å². The van der Waals surface area contributed by atoms with E-state index in [2.05, 4.69) is 10.6 Å². The Labute approximate surface area is 152 Å². The van der Waals surface area contributed by atoms with Crippen molar-refractivity contribution in [3.05, 3.63) is 64.7 Å². The summed E-state index contributed by atoms with van der Waals surface area (Å²) in [6, 6.07) is 11.6. The molecular weight excluding hydrogens is 330 g/mol. The smallest absolute Gasteiger partial charge is 0.254 e. The van der Waals surface area contributed by atoms with Gasteiger partial charge in [0, 0.05) is 13.3 Å². The summed E-state index contributed by atoms with van der Waals surface area (Å²) in [6.45, 7) is 5.27. The summed E-state index contributed by atoms with van der Waals surface area (Å²) in [5.74, 6) is -1.37. The molecule has 0 saturated carbocycles. The third-order valence-electron chi connectivity index (χ3n) is 4.18. The SMILES string of the molecule is CC(=O)Nc1ccccc1C(=O)N[C@@H](Cc1c(C)cccc1C)C(N)=O. The minimum Gasteiger partial charge on any atom is -0.368 e. The lowest BCUT2D eigenvalue weighted by Crippen LogP contribution is -2.46. The molecule has 6 nitrogen and oxygen atoms in total. The number of hydrogen-bond acceptors (Lipinski definition) is 3. The first-order valence-corrected chi connectivity index (χ1v) is 8.31. The van der Waals surface area contributed by atoms with Crippen LogP contribution in [0, 0.1) is 13.8 Å². The van der Waals surface area contributed by atoms with E-state index in [9.17, 15) is 14.4 Å². The number of nitrogens with one attached hydrogen (secondary N) is 2. The van der Waals surface area contributed by atoms with Crippen LogP contribution in [0.5, 0.6) is 0 Å². The van der Waals surface area contributed by atoms with Crippen LogP contribution in [0.15, 0.2) is 42.5 Å². The molecule has 4 N–H and O–H groups in total. The predicted molar refractivity (Wildman–Crippen MR) is 101 cm³/mol. The molecule has 0 fully saturated rings. The normalized spacial score (nSPS) is 11.5. The molecule has 2 aromatic carbocycles. The van der Waals surface area contributed by atoms with Gasteiger partial charge in [-0.25, -0.2) is 0 Å². The minimum absolute atomic E-state index is 0.274. The zero-order valence-electron chi connectivity index (χ0n) is 15.1. The van der Waals surface area contributed by atoms with E-state index < -0.39 is 17.9 Å². The second-order valence-electron chi connectivity index (χ2n) is 6.23. The third-order valence-corrected chi connectivity index (χ3v) is 4.18. The lowest BCUT2D eigenvalue weighted by molar-refractivity contribution is -0.119. The van der Waals surface area contributed by atoms with Gasteiger partial charge in [0.2, 0.25) is 11.8 Å². The minimum atomic E-state index is -0.854. The molecule has 6 heteroatoms. The molecule has 136 valence electrons. The molecular formula is C20H23N3O3. The molecule has 0 radical (unpaired) electrons. The van der Waals surface area contributed by atoms with Crippen molar-refractivity contribution < 1.29 is 14.4 Å². The molecule has 0 aliphatic carbocycles. The molecule has 2 rings (SSSR count). The first-order valence-electron chi connectivity index (χ1n) is 8.31. The number of aryl methyl sites for hydroxylation is 2. The first kappa shape index (κ1) is 19.2. The van der Waals surface area contributed by atoms with Crippen molar-refractivity contribution in [1.29, 1.82) is 0 Å². The molecule has 0 spiro atoms. The monoisotopic (exact) mass is 353 g/mol. The molecule has 0 unspecified atom stereocenters. The number of hydrogen-bond donors (Lipinski definition) is 3. The lowest BCUT2D eigenvalue weighted by atomic mass is 9.96. The second-order valence-corrected chi connectivity index (χ2v) is 6.23. The van der Waals surface area contributed by atoms with Gasteiger partial charge in [-0.1, -0.05) is 30.3 Å². The van der Waals surface area contributed by atoms with Crippen molar-refractivity contribution >= 4 is 23.4 Å². The van der Waals surface area contributed by atoms with Gasteiger partial charge in [-0.05, 0) is 42.7 Å². The van der Waals surface area contributed by atoms with Gasteiger partial charge in [-0.3, -0.25) is 14.4 Å². The summed E-state index contributed by atoms with van der Waals surface area (Å²) in [5.41, 5.74) is 9.20. The van der Waals surface area contributed by atoms with E-state index in [-0.39, 0.29) is 11.5 Å². The van der Waals surface area contributed by atoms with Crippen molar-refractivity contribution in [2.45, 2.75) is 33.2 Å². The van der Waals surface area contributed by atoms with Gasteiger partial charge in [-0.2, -0.15) is 0 Å².